The zero-order chi connectivity index (χ0) is 15.6. The normalized spacial score (nSPS) is 19.1. The number of likely N-dealkylation sites (N-methyl/N-ethyl adjacent to an activating group) is 1. The molecule has 0 aromatic heterocycles. The zero-order valence-electron chi connectivity index (χ0n) is 12.1. The number of carboxylic acid groups (broad SMARTS) is 1. The molecule has 0 bridgehead atoms. The van der Waals surface area contributed by atoms with E-state index >= 15 is 0 Å². The molecule has 1 aliphatic heterocycles. The Balaban J connectivity index is 2.29. The summed E-state index contributed by atoms with van der Waals surface area (Å²) in [6, 6.07) is 4.12. The Morgan fingerprint density at radius 2 is 2.19 bits per heavy atom. The molecule has 0 aliphatic carbocycles. The van der Waals surface area contributed by atoms with Crippen LogP contribution in [0.1, 0.15) is 28.8 Å². The molecule has 1 aromatic rings. The van der Waals surface area contributed by atoms with E-state index in [4.69, 9.17) is 9.84 Å². The van der Waals surface area contributed by atoms with Crippen molar-refractivity contribution in [1.82, 2.24) is 4.31 Å². The minimum atomic E-state index is -3.72. The van der Waals surface area contributed by atoms with Crippen molar-refractivity contribution in [1.29, 1.82) is 0 Å². The lowest BCUT2D eigenvalue weighted by Crippen LogP contribution is -2.34. The van der Waals surface area contributed by atoms with Crippen molar-refractivity contribution < 1.29 is 23.1 Å². The third-order valence-electron chi connectivity index (χ3n) is 3.61. The quantitative estimate of drug-likeness (QED) is 0.890. The van der Waals surface area contributed by atoms with E-state index in [1.165, 1.54) is 29.6 Å². The predicted octanol–water partition coefficient (Wildman–Crippen LogP) is 1.49. The van der Waals surface area contributed by atoms with E-state index in [-0.39, 0.29) is 23.1 Å². The van der Waals surface area contributed by atoms with Crippen molar-refractivity contribution in [3.63, 3.8) is 0 Å². The maximum Gasteiger partial charge on any atom is 0.335 e. The van der Waals surface area contributed by atoms with Gasteiger partial charge in [-0.3, -0.25) is 0 Å². The Bertz CT molecular complexity index is 635. The molecule has 2 rings (SSSR count). The summed E-state index contributed by atoms with van der Waals surface area (Å²) in [6.45, 7) is 2.59. The number of hydrogen-bond donors (Lipinski definition) is 1. The maximum atomic E-state index is 12.6. The number of hydrogen-bond acceptors (Lipinski definition) is 4. The van der Waals surface area contributed by atoms with Gasteiger partial charge in [0, 0.05) is 20.2 Å². The molecule has 1 unspecified atom stereocenters. The van der Waals surface area contributed by atoms with Gasteiger partial charge in [-0.05, 0) is 37.5 Å². The fourth-order valence-electron chi connectivity index (χ4n) is 2.35. The van der Waals surface area contributed by atoms with Crippen molar-refractivity contribution in [2.75, 3.05) is 20.2 Å². The van der Waals surface area contributed by atoms with E-state index in [1.807, 2.05) is 0 Å². The average Bonchev–Trinajstić information content (AvgIpc) is 2.91. The molecular formula is C14H19NO5S. The first kappa shape index (κ1) is 15.9. The van der Waals surface area contributed by atoms with Crippen molar-refractivity contribution >= 4 is 16.0 Å². The summed E-state index contributed by atoms with van der Waals surface area (Å²) in [5.41, 5.74) is 0.490. The Labute approximate surface area is 124 Å². The second-order valence-electron chi connectivity index (χ2n) is 5.21. The monoisotopic (exact) mass is 313 g/mol. The second-order valence-corrected chi connectivity index (χ2v) is 7.22. The fourth-order valence-corrected chi connectivity index (χ4v) is 3.80. The topological polar surface area (TPSA) is 83.9 Å². The van der Waals surface area contributed by atoms with Gasteiger partial charge in [-0.1, -0.05) is 6.07 Å². The molecule has 6 nitrogen and oxygen atoms in total. The Morgan fingerprint density at radius 1 is 1.48 bits per heavy atom. The molecule has 1 fully saturated rings. The smallest absolute Gasteiger partial charge is 0.335 e. The number of aryl methyl sites for hydroxylation is 1. The summed E-state index contributed by atoms with van der Waals surface area (Å²) >= 11 is 0. The lowest BCUT2D eigenvalue weighted by atomic mass is 10.1. The van der Waals surface area contributed by atoms with Gasteiger partial charge in [-0.2, -0.15) is 4.31 Å². The van der Waals surface area contributed by atoms with Crippen LogP contribution in [0.5, 0.6) is 0 Å². The van der Waals surface area contributed by atoms with Gasteiger partial charge < -0.3 is 9.84 Å². The standard InChI is InChI=1S/C14H19NO5S/c1-10-5-6-11(14(16)17)8-13(10)21(18,19)15(2)9-12-4-3-7-20-12/h5-6,8,12H,3-4,7,9H2,1-2H3,(H,16,17). The van der Waals surface area contributed by atoms with Gasteiger partial charge in [0.05, 0.1) is 16.6 Å². The van der Waals surface area contributed by atoms with Crippen LogP contribution in [0.15, 0.2) is 23.1 Å². The number of nitrogens with zero attached hydrogens (tertiary/aromatic N) is 1. The summed E-state index contributed by atoms with van der Waals surface area (Å²) in [5, 5.41) is 9.01. The summed E-state index contributed by atoms with van der Waals surface area (Å²) in [6.07, 6.45) is 1.69. The average molecular weight is 313 g/mol. The number of sulfonamides is 1. The molecule has 21 heavy (non-hydrogen) atoms. The summed E-state index contributed by atoms with van der Waals surface area (Å²) < 4.78 is 31.9. The van der Waals surface area contributed by atoms with E-state index in [9.17, 15) is 13.2 Å². The second kappa shape index (κ2) is 6.13. The van der Waals surface area contributed by atoms with Gasteiger partial charge in [0.15, 0.2) is 0 Å². The van der Waals surface area contributed by atoms with Gasteiger partial charge in [0.25, 0.3) is 0 Å². The molecule has 0 spiro atoms. The van der Waals surface area contributed by atoms with Crippen LogP contribution in [0.3, 0.4) is 0 Å². The minimum absolute atomic E-state index is 0.0305. The largest absolute Gasteiger partial charge is 0.478 e. The van der Waals surface area contributed by atoms with E-state index in [1.54, 1.807) is 6.92 Å². The van der Waals surface area contributed by atoms with Gasteiger partial charge >= 0.3 is 5.97 Å². The molecule has 1 heterocycles. The van der Waals surface area contributed by atoms with Crippen molar-refractivity contribution in [2.24, 2.45) is 0 Å². The van der Waals surface area contributed by atoms with Crippen LogP contribution >= 0.6 is 0 Å². The molecule has 0 amide bonds. The first-order chi connectivity index (χ1) is 9.82. The van der Waals surface area contributed by atoms with Crippen molar-refractivity contribution in [3.05, 3.63) is 29.3 Å². The molecule has 1 aromatic carbocycles. The third-order valence-corrected chi connectivity index (χ3v) is 5.57. The highest BCUT2D eigenvalue weighted by Crippen LogP contribution is 2.22. The Morgan fingerprint density at radius 3 is 2.76 bits per heavy atom. The van der Waals surface area contributed by atoms with Crippen LogP contribution in [0.2, 0.25) is 0 Å². The molecule has 1 saturated heterocycles. The first-order valence-electron chi connectivity index (χ1n) is 6.74. The highest BCUT2D eigenvalue weighted by Gasteiger charge is 2.27. The lowest BCUT2D eigenvalue weighted by molar-refractivity contribution is 0.0696. The van der Waals surface area contributed by atoms with Gasteiger partial charge in [0.1, 0.15) is 0 Å². The molecular weight excluding hydrogens is 294 g/mol. The number of ether oxygens (including phenoxy) is 1. The predicted molar refractivity (Wildman–Crippen MR) is 76.9 cm³/mol. The highest BCUT2D eigenvalue weighted by molar-refractivity contribution is 7.89. The number of carbonyl (C=O) groups is 1. The summed E-state index contributed by atoms with van der Waals surface area (Å²) in [4.78, 5) is 11.0. The van der Waals surface area contributed by atoms with Gasteiger partial charge in [-0.15, -0.1) is 0 Å². The molecule has 7 heteroatoms. The van der Waals surface area contributed by atoms with Crippen LogP contribution in [0, 0.1) is 6.92 Å². The van der Waals surface area contributed by atoms with Crippen LogP contribution in [-0.4, -0.2) is 50.1 Å². The maximum absolute atomic E-state index is 12.6. The van der Waals surface area contributed by atoms with Crippen molar-refractivity contribution in [3.8, 4) is 0 Å². The lowest BCUT2D eigenvalue weighted by Gasteiger charge is -2.21. The van der Waals surface area contributed by atoms with E-state index in [2.05, 4.69) is 0 Å². The van der Waals surface area contributed by atoms with E-state index < -0.39 is 16.0 Å². The first-order valence-corrected chi connectivity index (χ1v) is 8.18. The van der Waals surface area contributed by atoms with Gasteiger partial charge in [0.2, 0.25) is 10.0 Å². The minimum Gasteiger partial charge on any atom is -0.478 e. The number of rotatable bonds is 5. The van der Waals surface area contributed by atoms with Gasteiger partial charge in [-0.25, -0.2) is 13.2 Å². The van der Waals surface area contributed by atoms with E-state index in [0.29, 0.717) is 12.2 Å². The molecule has 1 aliphatic rings. The highest BCUT2D eigenvalue weighted by atomic mass is 32.2. The van der Waals surface area contributed by atoms with Crippen LogP contribution < -0.4 is 0 Å². The Hall–Kier alpha value is -1.44. The third kappa shape index (κ3) is 3.42. The van der Waals surface area contributed by atoms with Crippen LogP contribution in [-0.2, 0) is 14.8 Å². The SMILES string of the molecule is Cc1ccc(C(=O)O)cc1S(=O)(=O)N(C)CC1CCCO1. The zero-order valence-corrected chi connectivity index (χ0v) is 12.9. The van der Waals surface area contributed by atoms with Crippen molar-refractivity contribution in [2.45, 2.75) is 30.8 Å². The summed E-state index contributed by atoms with van der Waals surface area (Å²) in [5.74, 6) is -1.15. The number of benzene rings is 1. The van der Waals surface area contributed by atoms with Crippen LogP contribution in [0.4, 0.5) is 0 Å². The van der Waals surface area contributed by atoms with E-state index in [0.717, 1.165) is 12.8 Å². The molecule has 0 saturated carbocycles. The fraction of sp³-hybridized carbons (Fsp3) is 0.500. The van der Waals surface area contributed by atoms with Crippen LogP contribution in [0.25, 0.3) is 0 Å². The molecule has 1 atom stereocenters. The summed E-state index contributed by atoms with van der Waals surface area (Å²) in [7, 11) is -2.23. The molecule has 116 valence electrons. The molecule has 0 radical (unpaired) electrons. The Kier molecular flexibility index (Phi) is 4.65. The number of aromatic carboxylic acids is 1. The number of carboxylic acids is 1. The molecule has 1 N–H and O–H groups in total.